The summed E-state index contributed by atoms with van der Waals surface area (Å²) in [4.78, 5) is 28.0. The third-order valence-corrected chi connectivity index (χ3v) is 4.86. The normalized spacial score (nSPS) is 16.1. The van der Waals surface area contributed by atoms with Crippen LogP contribution in [0, 0.1) is 0 Å². The van der Waals surface area contributed by atoms with E-state index in [1.54, 1.807) is 17.5 Å². The summed E-state index contributed by atoms with van der Waals surface area (Å²) in [5.74, 6) is -2.73. The Labute approximate surface area is 164 Å². The van der Waals surface area contributed by atoms with E-state index in [1.165, 1.54) is 17.4 Å². The molecule has 0 spiro atoms. The summed E-state index contributed by atoms with van der Waals surface area (Å²) in [5.41, 5.74) is 0.330. The molecule has 1 amide bonds. The van der Waals surface area contributed by atoms with Gasteiger partial charge in [0.05, 0.1) is 11.5 Å². The Morgan fingerprint density at radius 2 is 2.25 bits per heavy atom. The van der Waals surface area contributed by atoms with E-state index in [9.17, 15) is 24.9 Å². The highest BCUT2D eigenvalue weighted by molar-refractivity contribution is 7.14. The third-order valence-electron chi connectivity index (χ3n) is 4.06. The van der Waals surface area contributed by atoms with Crippen molar-refractivity contribution >= 4 is 41.2 Å². The largest absolute Gasteiger partial charge is 0.547 e. The molecule has 28 heavy (non-hydrogen) atoms. The van der Waals surface area contributed by atoms with E-state index < -0.39 is 24.9 Å². The summed E-state index contributed by atoms with van der Waals surface area (Å²) >= 11 is 1.25. The fourth-order valence-electron chi connectivity index (χ4n) is 2.78. The molecule has 5 N–H and O–H groups in total. The maximum Gasteiger partial charge on any atom is 0.547 e. The van der Waals surface area contributed by atoms with Crippen LogP contribution in [0.3, 0.4) is 0 Å². The SMILES string of the molecule is CCNc1nc(C(=NO)C(=O)NC2Cc3cccc(C(=O)O)c3OB2O)cs1. The molecular weight excluding hydrogens is 387 g/mol. The van der Waals surface area contributed by atoms with Gasteiger partial charge in [0.2, 0.25) is 0 Å². The minimum atomic E-state index is -1.47. The predicted molar refractivity (Wildman–Crippen MR) is 102 cm³/mol. The summed E-state index contributed by atoms with van der Waals surface area (Å²) in [6, 6.07) is 4.57. The van der Waals surface area contributed by atoms with Crippen LogP contribution in [0.2, 0.25) is 0 Å². The Hall–Kier alpha value is -3.12. The van der Waals surface area contributed by atoms with Gasteiger partial charge in [0, 0.05) is 11.9 Å². The maximum absolute atomic E-state index is 12.5. The molecule has 1 aliphatic heterocycles. The van der Waals surface area contributed by atoms with Crippen LogP contribution >= 0.6 is 11.3 Å². The van der Waals surface area contributed by atoms with E-state index in [0.717, 1.165) is 0 Å². The number of hydrogen-bond acceptors (Lipinski definition) is 9. The number of aromatic nitrogens is 1. The summed E-state index contributed by atoms with van der Waals surface area (Å²) in [6.45, 7) is 2.54. The van der Waals surface area contributed by atoms with Crippen LogP contribution < -0.4 is 15.3 Å². The van der Waals surface area contributed by atoms with E-state index in [1.807, 2.05) is 6.92 Å². The third kappa shape index (κ3) is 3.92. The highest BCUT2D eigenvalue weighted by atomic mass is 32.1. The van der Waals surface area contributed by atoms with Gasteiger partial charge in [0.25, 0.3) is 5.91 Å². The lowest BCUT2D eigenvalue weighted by atomic mass is 9.72. The first kappa shape index (κ1) is 19.6. The fraction of sp³-hybridized carbons (Fsp3) is 0.250. The number of carboxylic acids is 1. The zero-order chi connectivity index (χ0) is 20.3. The summed E-state index contributed by atoms with van der Waals surface area (Å²) in [7, 11) is -1.47. The lowest BCUT2D eigenvalue weighted by molar-refractivity contribution is -0.115. The summed E-state index contributed by atoms with van der Waals surface area (Å²) in [5, 5.41) is 39.4. The molecule has 146 valence electrons. The zero-order valence-corrected chi connectivity index (χ0v) is 15.6. The molecule has 0 bridgehead atoms. The molecule has 1 aromatic carbocycles. The number of carbonyl (C=O) groups excluding carboxylic acids is 1. The number of nitrogens with zero attached hydrogens (tertiary/aromatic N) is 2. The average Bonchev–Trinajstić information content (AvgIpc) is 3.11. The van der Waals surface area contributed by atoms with Gasteiger partial charge < -0.3 is 30.6 Å². The summed E-state index contributed by atoms with van der Waals surface area (Å²) < 4.78 is 5.33. The number of rotatable bonds is 6. The van der Waals surface area contributed by atoms with E-state index in [4.69, 9.17) is 4.65 Å². The predicted octanol–water partition coefficient (Wildman–Crippen LogP) is 0.591. The molecule has 1 atom stereocenters. The molecule has 2 heterocycles. The lowest BCUT2D eigenvalue weighted by Gasteiger charge is -2.28. The smallest absolute Gasteiger partial charge is 0.534 e. The van der Waals surface area contributed by atoms with E-state index >= 15 is 0 Å². The topological polar surface area (TPSA) is 153 Å². The van der Waals surface area contributed by atoms with Crippen LogP contribution in [0.5, 0.6) is 5.75 Å². The van der Waals surface area contributed by atoms with Crippen LogP contribution in [0.4, 0.5) is 5.13 Å². The van der Waals surface area contributed by atoms with Gasteiger partial charge in [-0.25, -0.2) is 9.78 Å². The van der Waals surface area contributed by atoms with Crippen LogP contribution in [0.25, 0.3) is 0 Å². The van der Waals surface area contributed by atoms with Crippen LogP contribution in [0.1, 0.15) is 28.5 Å². The number of hydrogen-bond donors (Lipinski definition) is 5. The number of aromatic carboxylic acids is 1. The van der Waals surface area contributed by atoms with Crippen molar-refractivity contribution < 1.29 is 29.6 Å². The van der Waals surface area contributed by atoms with Crippen molar-refractivity contribution in [3.8, 4) is 5.75 Å². The number of oxime groups is 1. The van der Waals surface area contributed by atoms with Gasteiger partial charge in [-0.15, -0.1) is 11.3 Å². The molecule has 0 fully saturated rings. The quantitative estimate of drug-likeness (QED) is 0.203. The molecule has 0 radical (unpaired) electrons. The first-order valence-electron chi connectivity index (χ1n) is 8.37. The van der Waals surface area contributed by atoms with Gasteiger partial charge in [-0.2, -0.15) is 0 Å². The molecule has 12 heteroatoms. The molecule has 0 aliphatic carbocycles. The van der Waals surface area contributed by atoms with Gasteiger partial charge in [-0.05, 0) is 25.0 Å². The average molecular weight is 404 g/mol. The number of carboxylic acid groups (broad SMARTS) is 1. The van der Waals surface area contributed by atoms with Crippen molar-refractivity contribution in [3.63, 3.8) is 0 Å². The number of anilines is 1. The number of amides is 1. The number of fused-ring (bicyclic) bond motifs is 1. The number of para-hydroxylation sites is 1. The number of nitrogens with one attached hydrogen (secondary N) is 2. The molecule has 0 saturated heterocycles. The Morgan fingerprint density at radius 3 is 2.93 bits per heavy atom. The van der Waals surface area contributed by atoms with Crippen molar-refractivity contribution in [2.45, 2.75) is 19.3 Å². The zero-order valence-electron chi connectivity index (χ0n) is 14.7. The molecule has 10 nitrogen and oxygen atoms in total. The fourth-order valence-corrected chi connectivity index (χ4v) is 3.55. The molecule has 3 rings (SSSR count). The molecule has 1 aromatic heterocycles. The van der Waals surface area contributed by atoms with Crippen LogP contribution in [-0.2, 0) is 11.2 Å². The summed E-state index contributed by atoms with van der Waals surface area (Å²) in [6.07, 6.45) is 0.141. The Kier molecular flexibility index (Phi) is 5.80. The number of carbonyl (C=O) groups is 2. The molecule has 1 aliphatic rings. The Morgan fingerprint density at radius 1 is 1.46 bits per heavy atom. The van der Waals surface area contributed by atoms with Gasteiger partial charge in [-0.1, -0.05) is 17.3 Å². The van der Waals surface area contributed by atoms with Gasteiger partial charge in [0.1, 0.15) is 11.4 Å². The van der Waals surface area contributed by atoms with Crippen molar-refractivity contribution in [2.24, 2.45) is 5.16 Å². The minimum Gasteiger partial charge on any atom is -0.534 e. The first-order chi connectivity index (χ1) is 13.4. The van der Waals surface area contributed by atoms with E-state index in [0.29, 0.717) is 17.2 Å². The van der Waals surface area contributed by atoms with Crippen LogP contribution in [0.15, 0.2) is 28.7 Å². The Bertz CT molecular complexity index is 934. The number of thiazole rings is 1. The van der Waals surface area contributed by atoms with E-state index in [2.05, 4.69) is 20.8 Å². The minimum absolute atomic E-state index is 0.0684. The Balaban J connectivity index is 1.76. The standard InChI is InChI=1S/C16H17BN4O6S/c1-2-18-16-19-10(7-28-16)12(21-26)14(22)20-11-6-8-4-3-5-9(15(23)24)13(8)27-17(11)25/h3-5,7,11,25-26H,2,6H2,1H3,(H,18,19)(H,20,22)(H,23,24). The highest BCUT2D eigenvalue weighted by Gasteiger charge is 2.38. The van der Waals surface area contributed by atoms with Crippen molar-refractivity contribution in [3.05, 3.63) is 40.4 Å². The molecule has 1 unspecified atom stereocenters. The number of benzene rings is 1. The highest BCUT2D eigenvalue weighted by Crippen LogP contribution is 2.30. The first-order valence-corrected chi connectivity index (χ1v) is 9.25. The van der Waals surface area contributed by atoms with Gasteiger partial charge >= 0.3 is 13.1 Å². The second-order valence-electron chi connectivity index (χ2n) is 5.91. The molecule has 2 aromatic rings. The molecule has 0 saturated carbocycles. The second kappa shape index (κ2) is 8.27. The monoisotopic (exact) mass is 404 g/mol. The van der Waals surface area contributed by atoms with E-state index in [-0.39, 0.29) is 29.1 Å². The van der Waals surface area contributed by atoms with Crippen LogP contribution in [-0.4, -0.2) is 57.5 Å². The second-order valence-corrected chi connectivity index (χ2v) is 6.77. The van der Waals surface area contributed by atoms with Gasteiger partial charge in [0.15, 0.2) is 10.8 Å². The molecular formula is C16H17BN4O6S. The maximum atomic E-state index is 12.5. The van der Waals surface area contributed by atoms with Crippen molar-refractivity contribution in [1.82, 2.24) is 10.3 Å². The van der Waals surface area contributed by atoms with Crippen molar-refractivity contribution in [2.75, 3.05) is 11.9 Å². The lowest BCUT2D eigenvalue weighted by Crippen LogP contribution is -2.54. The van der Waals surface area contributed by atoms with Gasteiger partial charge in [-0.3, -0.25) is 4.79 Å². The van der Waals surface area contributed by atoms with Crippen molar-refractivity contribution in [1.29, 1.82) is 0 Å².